The molecule has 3 aromatic carbocycles. The smallest absolute Gasteiger partial charge is 0.326 e. The van der Waals surface area contributed by atoms with Gasteiger partial charge in [0.2, 0.25) is 10.0 Å². The summed E-state index contributed by atoms with van der Waals surface area (Å²) in [6.07, 6.45) is 1.14. The van der Waals surface area contributed by atoms with Crippen LogP contribution in [0.25, 0.3) is 0 Å². The highest BCUT2D eigenvalue weighted by Gasteiger charge is 2.45. The van der Waals surface area contributed by atoms with Gasteiger partial charge in [0, 0.05) is 49.3 Å². The number of amidine groups is 1. The van der Waals surface area contributed by atoms with E-state index in [1.165, 1.54) is 0 Å². The maximum absolute atomic E-state index is 14.8. The van der Waals surface area contributed by atoms with Crippen LogP contribution >= 0.6 is 23.2 Å². The molecule has 0 aliphatic carbocycles. The van der Waals surface area contributed by atoms with Gasteiger partial charge in [0.1, 0.15) is 17.6 Å². The number of carbonyl (C=O) groups is 1. The van der Waals surface area contributed by atoms with Crippen LogP contribution in [0.5, 0.6) is 5.75 Å². The molecule has 1 N–H and O–H groups in total. The maximum atomic E-state index is 14.8. The second kappa shape index (κ2) is 15.9. The first-order chi connectivity index (χ1) is 22.8. The Bertz CT molecular complexity index is 1800. The highest BCUT2D eigenvalue weighted by molar-refractivity contribution is 7.88. The normalized spacial score (nSPS) is 18.4. The number of ether oxygens (including phenoxy) is 1. The third-order valence-corrected chi connectivity index (χ3v) is 9.88. The summed E-state index contributed by atoms with van der Waals surface area (Å²) in [6.45, 7) is 8.89. The number of benzene rings is 3. The zero-order valence-electron chi connectivity index (χ0n) is 27.5. The van der Waals surface area contributed by atoms with Gasteiger partial charge < -0.3 is 9.64 Å². The van der Waals surface area contributed by atoms with Gasteiger partial charge in [-0.1, -0.05) is 61.0 Å². The lowest BCUT2D eigenvalue weighted by Gasteiger charge is -2.39. The molecule has 262 valence electrons. The zero-order valence-corrected chi connectivity index (χ0v) is 29.8. The molecular weight excluding hydrogens is 683 g/mol. The molecule has 0 saturated carbocycles. The van der Waals surface area contributed by atoms with Crippen LogP contribution in [0.4, 0.5) is 4.79 Å². The first-order valence-electron chi connectivity index (χ1n) is 15.8. The Morgan fingerprint density at radius 2 is 1.59 bits per heavy atom. The van der Waals surface area contributed by atoms with Crippen LogP contribution in [-0.2, 0) is 15.4 Å². The second-order valence-corrected chi connectivity index (χ2v) is 15.2. The van der Waals surface area contributed by atoms with Crippen LogP contribution in [0.2, 0.25) is 10.0 Å². The van der Waals surface area contributed by atoms with E-state index in [2.05, 4.69) is 15.7 Å². The van der Waals surface area contributed by atoms with Crippen LogP contribution in [-0.4, -0.2) is 87.1 Å². The molecule has 0 bridgehead atoms. The Balaban J connectivity index is 0.00000541. The van der Waals surface area contributed by atoms with Gasteiger partial charge in [-0.2, -0.15) is 5.26 Å². The van der Waals surface area contributed by atoms with E-state index < -0.39 is 27.5 Å². The molecule has 5 rings (SSSR count). The largest absolute Gasteiger partial charge is 0.493 e. The van der Waals surface area contributed by atoms with Crippen molar-refractivity contribution in [3.05, 3.63) is 99.0 Å². The first-order valence-corrected chi connectivity index (χ1v) is 18.5. The monoisotopic (exact) mass is 726 g/mol. The lowest BCUT2D eigenvalue weighted by atomic mass is 9.85. The Hall–Kier alpha value is -3.66. The van der Waals surface area contributed by atoms with Crippen molar-refractivity contribution in [2.75, 3.05) is 52.1 Å². The van der Waals surface area contributed by atoms with Gasteiger partial charge in [0.25, 0.3) is 0 Å². The average molecular weight is 728 g/mol. The fourth-order valence-electron chi connectivity index (χ4n) is 6.00. The number of halogens is 2. The van der Waals surface area contributed by atoms with Crippen LogP contribution in [0.3, 0.4) is 0 Å². The minimum absolute atomic E-state index is 0. The van der Waals surface area contributed by atoms with E-state index in [4.69, 9.17) is 32.9 Å². The van der Waals surface area contributed by atoms with Gasteiger partial charge in [-0.05, 0) is 73.9 Å². The molecule has 13 heteroatoms. The summed E-state index contributed by atoms with van der Waals surface area (Å²) in [4.78, 5) is 25.8. The van der Waals surface area contributed by atoms with Crippen molar-refractivity contribution in [3.8, 4) is 11.8 Å². The second-order valence-electron chi connectivity index (χ2n) is 12.5. The predicted octanol–water partition coefficient (Wildman–Crippen LogP) is 6.66. The van der Waals surface area contributed by atoms with Crippen molar-refractivity contribution >= 4 is 45.1 Å². The molecule has 2 aliphatic heterocycles. The Labute approximate surface area is 300 Å². The fraction of sp³-hybridized carbons (Fsp3) is 0.417. The molecule has 2 atom stereocenters. The van der Waals surface area contributed by atoms with Gasteiger partial charge in [0.15, 0.2) is 0 Å². The molecule has 2 heterocycles. The Morgan fingerprint density at radius 1 is 1.00 bits per heavy atom. The number of sulfonamides is 1. The molecule has 0 radical (unpaired) electrons. The molecule has 0 spiro atoms. The van der Waals surface area contributed by atoms with E-state index in [1.807, 2.05) is 80.3 Å². The van der Waals surface area contributed by atoms with Crippen molar-refractivity contribution in [3.63, 3.8) is 0 Å². The summed E-state index contributed by atoms with van der Waals surface area (Å²) in [5.41, 5.74) is 2.31. The number of aliphatic imine (C=N–C) groups is 1. The van der Waals surface area contributed by atoms with Gasteiger partial charge in [-0.25, -0.2) is 17.9 Å². The number of nitriles is 1. The third kappa shape index (κ3) is 8.93. The average Bonchev–Trinajstić information content (AvgIpc) is 3.45. The molecule has 10 nitrogen and oxygen atoms in total. The minimum Gasteiger partial charge on any atom is -0.493 e. The number of nitrogens with one attached hydrogen (secondary N) is 1. The molecule has 0 aromatic heterocycles. The molecule has 0 unspecified atom stereocenters. The van der Waals surface area contributed by atoms with E-state index in [0.717, 1.165) is 22.9 Å². The number of amides is 2. The topological polar surface area (TPSA) is 118 Å². The van der Waals surface area contributed by atoms with E-state index >= 15 is 0 Å². The summed E-state index contributed by atoms with van der Waals surface area (Å²) in [5, 5.41) is 11.2. The van der Waals surface area contributed by atoms with Crippen molar-refractivity contribution in [1.82, 2.24) is 19.4 Å². The molecular formula is C36H44Cl2N6O4S. The highest BCUT2D eigenvalue weighted by atomic mass is 35.5. The number of nitrogens with zero attached hydrogens (tertiary/aromatic N) is 5. The van der Waals surface area contributed by atoms with Gasteiger partial charge >= 0.3 is 6.03 Å². The number of hydrogen-bond acceptors (Lipinski definition) is 7. The standard InChI is InChI=1S/C35H40Cl2N6O4S.CH4/c1-5-47-30-15-10-26(35(2,3)23-38)22-29(30)33-40-31(24-6-11-27(36)12-7-24)32(25-8-13-28(37)14-9-25)43(33)34(44)42-20-18-41(19-21-42)17-16-39-48(4,45)46;/h6-15,22,31-32,39H,5,16-21H2,1-4H3;1H4/t31-,32+;/m0./s1. The fourth-order valence-corrected chi connectivity index (χ4v) is 6.71. The first kappa shape index (κ1) is 38.1. The van der Waals surface area contributed by atoms with Gasteiger partial charge in [-0.15, -0.1) is 0 Å². The van der Waals surface area contributed by atoms with Crippen molar-refractivity contribution in [2.24, 2.45) is 4.99 Å². The number of carbonyl (C=O) groups excluding carboxylic acids is 1. The molecule has 49 heavy (non-hydrogen) atoms. The summed E-state index contributed by atoms with van der Waals surface area (Å²) < 4.78 is 31.7. The molecule has 2 amide bonds. The van der Waals surface area contributed by atoms with Crippen LogP contribution in [0.15, 0.2) is 71.7 Å². The van der Waals surface area contributed by atoms with E-state index in [1.54, 1.807) is 17.0 Å². The zero-order chi connectivity index (χ0) is 34.6. The van der Waals surface area contributed by atoms with Crippen LogP contribution in [0, 0.1) is 11.3 Å². The Kier molecular flexibility index (Phi) is 12.4. The van der Waals surface area contributed by atoms with Crippen molar-refractivity contribution in [1.29, 1.82) is 5.26 Å². The van der Waals surface area contributed by atoms with E-state index in [0.29, 0.717) is 73.1 Å². The number of hydrogen-bond donors (Lipinski definition) is 1. The van der Waals surface area contributed by atoms with Crippen LogP contribution in [0.1, 0.15) is 62.5 Å². The SMILES string of the molecule is C.CCOc1ccc(C(C)(C)C#N)cc1C1=N[C@@H](c2ccc(Cl)cc2)[C@@H](c2ccc(Cl)cc2)N1C(=O)N1CCN(CCNS(C)(=O)=O)CC1. The van der Waals surface area contributed by atoms with Gasteiger partial charge in [-0.3, -0.25) is 14.8 Å². The molecule has 1 saturated heterocycles. The minimum atomic E-state index is -3.29. The molecule has 3 aromatic rings. The number of rotatable bonds is 10. The molecule has 2 aliphatic rings. The maximum Gasteiger partial charge on any atom is 0.326 e. The summed E-state index contributed by atoms with van der Waals surface area (Å²) >= 11 is 12.6. The van der Waals surface area contributed by atoms with Gasteiger partial charge in [0.05, 0.1) is 36.0 Å². The summed E-state index contributed by atoms with van der Waals surface area (Å²) in [5.74, 6) is 1.00. The predicted molar refractivity (Wildman–Crippen MR) is 196 cm³/mol. The summed E-state index contributed by atoms with van der Waals surface area (Å²) in [6, 6.07) is 21.7. The lowest BCUT2D eigenvalue weighted by molar-refractivity contribution is 0.120. The lowest BCUT2D eigenvalue weighted by Crippen LogP contribution is -2.54. The Morgan fingerprint density at radius 3 is 2.14 bits per heavy atom. The third-order valence-electron chi connectivity index (χ3n) is 8.65. The highest BCUT2D eigenvalue weighted by Crippen LogP contribution is 2.46. The van der Waals surface area contributed by atoms with E-state index in [-0.39, 0.29) is 13.5 Å². The van der Waals surface area contributed by atoms with E-state index in [9.17, 15) is 18.5 Å². The number of urea groups is 1. The molecule has 1 fully saturated rings. The van der Waals surface area contributed by atoms with Crippen molar-refractivity contribution in [2.45, 2.75) is 45.7 Å². The quantitative estimate of drug-likeness (QED) is 0.250. The van der Waals surface area contributed by atoms with Crippen LogP contribution < -0.4 is 9.46 Å². The summed E-state index contributed by atoms with van der Waals surface area (Å²) in [7, 11) is -3.29. The number of piperazine rings is 1. The van der Waals surface area contributed by atoms with Crippen molar-refractivity contribution < 1.29 is 17.9 Å².